The van der Waals surface area contributed by atoms with E-state index in [1.807, 2.05) is 5.32 Å². The summed E-state index contributed by atoms with van der Waals surface area (Å²) >= 11 is 0. The monoisotopic (exact) mass is 99.0 g/mol. The molecule has 1 N–H and O–H groups in total. The molecule has 2 amide bonds. The lowest BCUT2D eigenvalue weighted by Crippen LogP contribution is -2.19. The zero-order valence-electron chi connectivity index (χ0n) is 3.47. The molecule has 1 heterocycles. The van der Waals surface area contributed by atoms with E-state index in [1.54, 1.807) is 0 Å². The number of carbonyl (C=O) groups is 2. The van der Waals surface area contributed by atoms with E-state index in [9.17, 15) is 9.59 Å². The van der Waals surface area contributed by atoms with E-state index in [-0.39, 0.29) is 13.2 Å². The minimum atomic E-state index is -0.329. The van der Waals surface area contributed by atoms with Crippen molar-refractivity contribution in [3.05, 3.63) is 12.2 Å². The first-order valence-corrected chi connectivity index (χ1v) is 1.82. The van der Waals surface area contributed by atoms with Gasteiger partial charge in [0.2, 0.25) is 0 Å². The highest BCUT2D eigenvalue weighted by Crippen LogP contribution is 1.82. The molecular formula is C4H5NO2. The van der Waals surface area contributed by atoms with Crippen LogP contribution in [0.1, 0.15) is 1.43 Å². The number of nitrogens with one attached hydrogen (secondary N) is 1. The number of imide groups is 1. The second kappa shape index (κ2) is 1.18. The standard InChI is InChI=1S/C4H3NO2.H2/c6-3-1-2-4(7)5-3;/h1-2H,(H,5,6,7);1H. The lowest BCUT2D eigenvalue weighted by molar-refractivity contribution is -0.123. The van der Waals surface area contributed by atoms with Crippen molar-refractivity contribution in [3.8, 4) is 0 Å². The van der Waals surface area contributed by atoms with Crippen molar-refractivity contribution in [2.24, 2.45) is 0 Å². The van der Waals surface area contributed by atoms with Crippen molar-refractivity contribution in [1.29, 1.82) is 0 Å². The summed E-state index contributed by atoms with van der Waals surface area (Å²) in [7, 11) is 0. The SMILES string of the molecule is O=C1C=CC(=O)N1.[HH]. The molecule has 3 heteroatoms. The number of carbonyl (C=O) groups excluding carboxylic acids is 2. The first kappa shape index (κ1) is 4.05. The Balaban J connectivity index is 0.000000490. The van der Waals surface area contributed by atoms with Gasteiger partial charge in [0.25, 0.3) is 11.8 Å². The van der Waals surface area contributed by atoms with Crippen LogP contribution < -0.4 is 5.32 Å². The summed E-state index contributed by atoms with van der Waals surface area (Å²) in [6, 6.07) is 0. The number of hydrogen-bond donors (Lipinski definition) is 1. The third-order valence-corrected chi connectivity index (χ3v) is 0.632. The van der Waals surface area contributed by atoms with Crippen LogP contribution in [0.2, 0.25) is 0 Å². The van der Waals surface area contributed by atoms with Gasteiger partial charge in [-0.2, -0.15) is 0 Å². The molecule has 0 aromatic heterocycles. The van der Waals surface area contributed by atoms with Gasteiger partial charge >= 0.3 is 0 Å². The van der Waals surface area contributed by atoms with Crippen LogP contribution >= 0.6 is 0 Å². The summed E-state index contributed by atoms with van der Waals surface area (Å²) in [5, 5.41) is 2.03. The summed E-state index contributed by atoms with van der Waals surface area (Å²) in [5.74, 6) is -0.657. The third-order valence-electron chi connectivity index (χ3n) is 0.632. The number of hydrogen-bond acceptors (Lipinski definition) is 2. The van der Waals surface area contributed by atoms with Crippen LogP contribution in [0.25, 0.3) is 0 Å². The van der Waals surface area contributed by atoms with Gasteiger partial charge in [-0.1, -0.05) is 0 Å². The number of rotatable bonds is 0. The van der Waals surface area contributed by atoms with Gasteiger partial charge in [-0.3, -0.25) is 14.9 Å². The smallest absolute Gasteiger partial charge is 0.250 e. The van der Waals surface area contributed by atoms with Crippen LogP contribution in [0.5, 0.6) is 0 Å². The molecule has 0 bridgehead atoms. The van der Waals surface area contributed by atoms with Gasteiger partial charge in [-0.15, -0.1) is 0 Å². The van der Waals surface area contributed by atoms with Gasteiger partial charge in [-0.05, 0) is 0 Å². The maximum atomic E-state index is 10.0. The highest BCUT2D eigenvalue weighted by atomic mass is 16.2. The number of amides is 2. The molecule has 0 saturated heterocycles. The average molecular weight is 99.1 g/mol. The van der Waals surface area contributed by atoms with Crippen LogP contribution in [0.15, 0.2) is 12.2 Å². The molecule has 1 aliphatic rings. The Morgan fingerprint density at radius 3 is 1.86 bits per heavy atom. The van der Waals surface area contributed by atoms with Crippen LogP contribution in [0.3, 0.4) is 0 Å². The fourth-order valence-corrected chi connectivity index (χ4v) is 0.356. The predicted octanol–water partition coefficient (Wildman–Crippen LogP) is -0.555. The van der Waals surface area contributed by atoms with Crippen LogP contribution in [-0.2, 0) is 9.59 Å². The minimum absolute atomic E-state index is 0. The molecule has 0 spiro atoms. The van der Waals surface area contributed by atoms with E-state index in [1.165, 1.54) is 12.2 Å². The molecule has 0 aromatic rings. The van der Waals surface area contributed by atoms with Crippen molar-refractivity contribution in [2.45, 2.75) is 0 Å². The van der Waals surface area contributed by atoms with Crippen molar-refractivity contribution in [2.75, 3.05) is 0 Å². The molecule has 0 aliphatic carbocycles. The van der Waals surface area contributed by atoms with E-state index in [0.717, 1.165) is 0 Å². The van der Waals surface area contributed by atoms with Crippen LogP contribution in [0.4, 0.5) is 0 Å². The molecule has 0 atom stereocenters. The largest absolute Gasteiger partial charge is 0.289 e. The normalized spacial score (nSPS) is 17.7. The Labute approximate surface area is 41.5 Å². The van der Waals surface area contributed by atoms with Crippen molar-refractivity contribution >= 4 is 11.8 Å². The minimum Gasteiger partial charge on any atom is -0.289 e. The molecule has 7 heavy (non-hydrogen) atoms. The van der Waals surface area contributed by atoms with Crippen LogP contribution in [0, 0.1) is 0 Å². The second-order valence-corrected chi connectivity index (χ2v) is 1.19. The van der Waals surface area contributed by atoms with E-state index in [4.69, 9.17) is 0 Å². The molecule has 38 valence electrons. The average Bonchev–Trinajstić information content (AvgIpc) is 1.87. The van der Waals surface area contributed by atoms with E-state index in [2.05, 4.69) is 0 Å². The van der Waals surface area contributed by atoms with Gasteiger partial charge in [0, 0.05) is 13.6 Å². The maximum Gasteiger partial charge on any atom is 0.250 e. The zero-order chi connectivity index (χ0) is 5.28. The fourth-order valence-electron chi connectivity index (χ4n) is 0.356. The molecular weight excluding hydrogens is 94.0 g/mol. The van der Waals surface area contributed by atoms with Crippen molar-refractivity contribution in [3.63, 3.8) is 0 Å². The van der Waals surface area contributed by atoms with E-state index in [0.29, 0.717) is 0 Å². The Morgan fingerprint density at radius 1 is 1.29 bits per heavy atom. The van der Waals surface area contributed by atoms with E-state index >= 15 is 0 Å². The van der Waals surface area contributed by atoms with Crippen molar-refractivity contribution in [1.82, 2.24) is 5.32 Å². The molecule has 1 aliphatic heterocycles. The maximum absolute atomic E-state index is 10.0. The predicted molar refractivity (Wildman–Crippen MR) is 24.4 cm³/mol. The van der Waals surface area contributed by atoms with Gasteiger partial charge < -0.3 is 0 Å². The quantitative estimate of drug-likeness (QED) is 0.414. The zero-order valence-corrected chi connectivity index (χ0v) is 3.47. The molecule has 1 rings (SSSR count). The summed E-state index contributed by atoms with van der Waals surface area (Å²) in [5.41, 5.74) is 0. The Kier molecular flexibility index (Phi) is 0.685. The topological polar surface area (TPSA) is 46.2 Å². The summed E-state index contributed by atoms with van der Waals surface area (Å²) in [6.07, 6.45) is 2.39. The highest BCUT2D eigenvalue weighted by Gasteiger charge is 2.06. The van der Waals surface area contributed by atoms with Gasteiger partial charge in [-0.25, -0.2) is 0 Å². The van der Waals surface area contributed by atoms with E-state index < -0.39 is 0 Å². The van der Waals surface area contributed by atoms with Gasteiger partial charge in [0.15, 0.2) is 0 Å². The van der Waals surface area contributed by atoms with Gasteiger partial charge in [0.1, 0.15) is 0 Å². The Bertz CT molecular complexity index is 136. The molecule has 0 radical (unpaired) electrons. The van der Waals surface area contributed by atoms with Crippen molar-refractivity contribution < 1.29 is 11.0 Å². The molecule has 0 unspecified atom stereocenters. The summed E-state index contributed by atoms with van der Waals surface area (Å²) in [6.45, 7) is 0. The molecule has 0 fully saturated rings. The highest BCUT2D eigenvalue weighted by molar-refractivity contribution is 6.12. The fraction of sp³-hybridized carbons (Fsp3) is 0. The Hall–Kier alpha value is -1.12. The third kappa shape index (κ3) is 0.652. The summed E-state index contributed by atoms with van der Waals surface area (Å²) in [4.78, 5) is 20.1. The molecule has 0 saturated carbocycles. The first-order valence-electron chi connectivity index (χ1n) is 1.82. The lowest BCUT2D eigenvalue weighted by Gasteiger charge is -1.80. The lowest BCUT2D eigenvalue weighted by atomic mass is 10.6. The molecule has 3 nitrogen and oxygen atoms in total. The van der Waals surface area contributed by atoms with Crippen LogP contribution in [-0.4, -0.2) is 11.8 Å². The summed E-state index contributed by atoms with van der Waals surface area (Å²) < 4.78 is 0. The van der Waals surface area contributed by atoms with Gasteiger partial charge in [0.05, 0.1) is 0 Å². The first-order chi connectivity index (χ1) is 3.29. The second-order valence-electron chi connectivity index (χ2n) is 1.19. The molecule has 0 aromatic carbocycles. The Morgan fingerprint density at radius 2 is 1.71 bits per heavy atom.